The number of hydrogen-bond donors (Lipinski definition) is 2. The predicted octanol–water partition coefficient (Wildman–Crippen LogP) is 1.22. The highest BCUT2D eigenvalue weighted by molar-refractivity contribution is 7.07. The van der Waals surface area contributed by atoms with Crippen LogP contribution in [0.15, 0.2) is 29.6 Å². The second kappa shape index (κ2) is 5.72. The van der Waals surface area contributed by atoms with Crippen LogP contribution in [0.3, 0.4) is 0 Å². The lowest BCUT2D eigenvalue weighted by molar-refractivity contribution is 0.0397. The fraction of sp³-hybridized carbons (Fsp3) is 0.462. The predicted molar refractivity (Wildman–Crippen MR) is 74.5 cm³/mol. The molecule has 1 aliphatic rings. The van der Waals surface area contributed by atoms with Gasteiger partial charge in [0.1, 0.15) is 5.69 Å². The maximum atomic E-state index is 12.0. The largest absolute Gasteiger partial charge is 0.389 e. The first-order valence-corrected chi connectivity index (χ1v) is 7.54. The van der Waals surface area contributed by atoms with E-state index in [1.54, 1.807) is 23.4 Å². The maximum absolute atomic E-state index is 12.0. The summed E-state index contributed by atoms with van der Waals surface area (Å²) in [6.45, 7) is 0. The quantitative estimate of drug-likeness (QED) is 0.891. The van der Waals surface area contributed by atoms with Crippen molar-refractivity contribution < 1.29 is 9.90 Å². The van der Waals surface area contributed by atoms with Crippen molar-refractivity contribution in [2.75, 3.05) is 0 Å². The van der Waals surface area contributed by atoms with Crippen molar-refractivity contribution in [2.24, 2.45) is 0 Å². The highest BCUT2D eigenvalue weighted by atomic mass is 32.1. The van der Waals surface area contributed by atoms with Gasteiger partial charge in [0, 0.05) is 17.8 Å². The molecule has 6 nitrogen and oxygen atoms in total. The van der Waals surface area contributed by atoms with Crippen LogP contribution in [0.4, 0.5) is 0 Å². The van der Waals surface area contributed by atoms with Crippen molar-refractivity contribution in [3.8, 4) is 0 Å². The second-order valence-corrected chi connectivity index (χ2v) is 5.67. The number of amides is 1. The van der Waals surface area contributed by atoms with Gasteiger partial charge in [-0.15, -0.1) is 11.3 Å². The third kappa shape index (κ3) is 2.59. The summed E-state index contributed by atoms with van der Waals surface area (Å²) < 4.78 is 1.91. The van der Waals surface area contributed by atoms with E-state index in [0.29, 0.717) is 5.69 Å². The number of carbonyl (C=O) groups is 1. The average molecular weight is 292 g/mol. The fourth-order valence-electron chi connectivity index (χ4n) is 2.67. The molecular weight excluding hydrogens is 276 g/mol. The number of imidazole rings is 1. The van der Waals surface area contributed by atoms with E-state index in [9.17, 15) is 9.90 Å². The Morgan fingerprint density at radius 2 is 2.40 bits per heavy atom. The molecule has 0 spiro atoms. The molecule has 2 aromatic heterocycles. The van der Waals surface area contributed by atoms with E-state index in [4.69, 9.17) is 0 Å². The van der Waals surface area contributed by atoms with Crippen LogP contribution in [-0.4, -0.2) is 37.7 Å². The van der Waals surface area contributed by atoms with Crippen LogP contribution in [0.1, 0.15) is 35.8 Å². The number of aliphatic hydroxyl groups is 1. The monoisotopic (exact) mass is 292 g/mol. The number of nitrogens with zero attached hydrogens (tertiary/aromatic N) is 3. The molecule has 3 atom stereocenters. The van der Waals surface area contributed by atoms with E-state index >= 15 is 0 Å². The Hall–Kier alpha value is -1.73. The summed E-state index contributed by atoms with van der Waals surface area (Å²) in [5, 5.41) is 15.1. The number of aliphatic hydroxyl groups excluding tert-OH is 1. The molecule has 0 radical (unpaired) electrons. The van der Waals surface area contributed by atoms with Crippen molar-refractivity contribution in [3.63, 3.8) is 0 Å². The Balaban J connectivity index is 1.69. The molecule has 20 heavy (non-hydrogen) atoms. The maximum Gasteiger partial charge on any atom is 0.271 e. The zero-order valence-electron chi connectivity index (χ0n) is 10.8. The minimum absolute atomic E-state index is 0.0352. The normalized spacial score (nSPS) is 26.4. The molecule has 1 aliphatic carbocycles. The molecule has 1 fully saturated rings. The Kier molecular flexibility index (Phi) is 3.79. The van der Waals surface area contributed by atoms with Gasteiger partial charge in [0.25, 0.3) is 5.91 Å². The molecule has 0 unspecified atom stereocenters. The van der Waals surface area contributed by atoms with Gasteiger partial charge in [0.2, 0.25) is 0 Å². The zero-order chi connectivity index (χ0) is 13.9. The van der Waals surface area contributed by atoms with Gasteiger partial charge in [-0.2, -0.15) is 0 Å². The first-order chi connectivity index (χ1) is 9.75. The summed E-state index contributed by atoms with van der Waals surface area (Å²) in [4.78, 5) is 20.0. The van der Waals surface area contributed by atoms with Crippen LogP contribution < -0.4 is 5.32 Å². The Bertz CT molecular complexity index is 555. The summed E-state index contributed by atoms with van der Waals surface area (Å²) >= 11 is 1.38. The number of thiazole rings is 1. The Morgan fingerprint density at radius 3 is 3.10 bits per heavy atom. The Labute approximate surface area is 120 Å². The summed E-state index contributed by atoms with van der Waals surface area (Å²) in [5.41, 5.74) is 2.03. The van der Waals surface area contributed by atoms with Crippen molar-refractivity contribution in [1.29, 1.82) is 0 Å². The van der Waals surface area contributed by atoms with E-state index in [-0.39, 0.29) is 18.0 Å². The standard InChI is InChI=1S/C13H16N4O2S/c18-12-9(16-13(19)10-6-20-8-15-10)2-1-3-11(12)17-5-4-14-7-17/h4-9,11-12,18H,1-3H2,(H,16,19)/t9-,11-,12-/m1/s1. The van der Waals surface area contributed by atoms with Crippen molar-refractivity contribution in [1.82, 2.24) is 19.9 Å². The molecule has 7 heteroatoms. The van der Waals surface area contributed by atoms with Gasteiger partial charge in [0.05, 0.1) is 30.0 Å². The highest BCUT2D eigenvalue weighted by Crippen LogP contribution is 2.29. The molecule has 3 rings (SSSR count). The third-order valence-electron chi connectivity index (χ3n) is 3.71. The Morgan fingerprint density at radius 1 is 1.50 bits per heavy atom. The molecule has 0 aromatic carbocycles. The van der Waals surface area contributed by atoms with E-state index < -0.39 is 6.10 Å². The zero-order valence-corrected chi connectivity index (χ0v) is 11.7. The van der Waals surface area contributed by atoms with E-state index in [2.05, 4.69) is 15.3 Å². The van der Waals surface area contributed by atoms with Gasteiger partial charge in [-0.3, -0.25) is 4.79 Å². The van der Waals surface area contributed by atoms with Crippen molar-refractivity contribution in [2.45, 2.75) is 37.5 Å². The van der Waals surface area contributed by atoms with Crippen LogP contribution in [0.2, 0.25) is 0 Å². The van der Waals surface area contributed by atoms with E-state index in [1.165, 1.54) is 11.3 Å². The molecule has 106 valence electrons. The smallest absolute Gasteiger partial charge is 0.271 e. The van der Waals surface area contributed by atoms with Gasteiger partial charge >= 0.3 is 0 Å². The molecule has 1 saturated carbocycles. The van der Waals surface area contributed by atoms with Crippen LogP contribution in [0.5, 0.6) is 0 Å². The fourth-order valence-corrected chi connectivity index (χ4v) is 3.20. The van der Waals surface area contributed by atoms with Gasteiger partial charge in [-0.05, 0) is 19.3 Å². The minimum atomic E-state index is -0.611. The number of aromatic nitrogens is 3. The molecule has 1 amide bonds. The molecular formula is C13H16N4O2S. The van der Waals surface area contributed by atoms with Crippen molar-refractivity contribution >= 4 is 17.2 Å². The lowest BCUT2D eigenvalue weighted by Crippen LogP contribution is -2.49. The molecule has 2 heterocycles. The molecule has 2 N–H and O–H groups in total. The van der Waals surface area contributed by atoms with Crippen LogP contribution >= 0.6 is 11.3 Å². The van der Waals surface area contributed by atoms with Gasteiger partial charge in [-0.25, -0.2) is 9.97 Å². The summed E-state index contributed by atoms with van der Waals surface area (Å²) in [5.74, 6) is -0.221. The first kappa shape index (κ1) is 13.3. The van der Waals surface area contributed by atoms with Crippen LogP contribution in [0.25, 0.3) is 0 Å². The van der Waals surface area contributed by atoms with Crippen LogP contribution in [0, 0.1) is 0 Å². The second-order valence-electron chi connectivity index (χ2n) is 4.95. The molecule has 0 saturated heterocycles. The third-order valence-corrected chi connectivity index (χ3v) is 4.30. The minimum Gasteiger partial charge on any atom is -0.389 e. The molecule has 0 aliphatic heterocycles. The highest BCUT2D eigenvalue weighted by Gasteiger charge is 2.33. The SMILES string of the molecule is O=C(N[C@@H]1CCC[C@@H](n2ccnc2)[C@@H]1O)c1cscn1. The van der Waals surface area contributed by atoms with E-state index in [0.717, 1.165) is 19.3 Å². The number of hydrogen-bond acceptors (Lipinski definition) is 5. The summed E-state index contributed by atoms with van der Waals surface area (Å²) in [7, 11) is 0. The lowest BCUT2D eigenvalue weighted by atomic mass is 9.88. The van der Waals surface area contributed by atoms with Crippen molar-refractivity contribution in [3.05, 3.63) is 35.3 Å². The van der Waals surface area contributed by atoms with E-state index in [1.807, 2.05) is 10.8 Å². The van der Waals surface area contributed by atoms with Gasteiger partial charge in [-0.1, -0.05) is 0 Å². The topological polar surface area (TPSA) is 80.0 Å². The lowest BCUT2D eigenvalue weighted by Gasteiger charge is -2.35. The number of carbonyl (C=O) groups excluding carboxylic acids is 1. The summed E-state index contributed by atoms with van der Waals surface area (Å²) in [6.07, 6.45) is 7.27. The van der Waals surface area contributed by atoms with Gasteiger partial charge in [0.15, 0.2) is 0 Å². The molecule has 2 aromatic rings. The average Bonchev–Trinajstić information content (AvgIpc) is 3.14. The van der Waals surface area contributed by atoms with Crippen LogP contribution in [-0.2, 0) is 0 Å². The number of nitrogens with one attached hydrogen (secondary N) is 1. The molecule has 0 bridgehead atoms. The first-order valence-electron chi connectivity index (χ1n) is 6.60. The summed E-state index contributed by atoms with van der Waals surface area (Å²) in [6, 6.07) is -0.280. The van der Waals surface area contributed by atoms with Gasteiger partial charge < -0.3 is 15.0 Å². The number of rotatable bonds is 3.